The van der Waals surface area contributed by atoms with E-state index >= 15 is 0 Å². The predicted octanol–water partition coefficient (Wildman–Crippen LogP) is 3.42. The zero-order valence-electron chi connectivity index (χ0n) is 13.0. The van der Waals surface area contributed by atoms with Gasteiger partial charge in [0.1, 0.15) is 6.04 Å². The maximum atomic E-state index is 5.63. The van der Waals surface area contributed by atoms with Crippen LogP contribution in [0.3, 0.4) is 0 Å². The molecule has 0 bridgehead atoms. The predicted molar refractivity (Wildman–Crippen MR) is 96.3 cm³/mol. The van der Waals surface area contributed by atoms with Crippen molar-refractivity contribution in [3.8, 4) is 11.4 Å². The van der Waals surface area contributed by atoms with Crippen molar-refractivity contribution in [3.63, 3.8) is 0 Å². The molecule has 2 aromatic heterocycles. The first-order valence-corrected chi connectivity index (χ1v) is 8.52. The minimum atomic E-state index is 0. The molecule has 1 aliphatic heterocycles. The maximum Gasteiger partial charge on any atom is 0.249 e. The van der Waals surface area contributed by atoms with E-state index < -0.39 is 0 Å². The zero-order chi connectivity index (χ0) is 15.6. The van der Waals surface area contributed by atoms with Crippen LogP contribution in [-0.2, 0) is 6.54 Å². The normalized spacial score (nSPS) is 17.0. The number of thiazole rings is 1. The van der Waals surface area contributed by atoms with Gasteiger partial charge in [0.25, 0.3) is 0 Å². The minimum Gasteiger partial charge on any atom is -0.337 e. The molecule has 4 rings (SSSR count). The van der Waals surface area contributed by atoms with Crippen LogP contribution in [0.15, 0.2) is 40.4 Å². The Bertz CT molecular complexity index is 774. The lowest BCUT2D eigenvalue weighted by Crippen LogP contribution is -2.22. The van der Waals surface area contributed by atoms with Crippen LogP contribution in [0, 0.1) is 0 Å². The van der Waals surface area contributed by atoms with Gasteiger partial charge in [0, 0.05) is 30.2 Å². The molecule has 1 aromatic carbocycles. The van der Waals surface area contributed by atoms with E-state index in [1.165, 1.54) is 0 Å². The van der Waals surface area contributed by atoms with Gasteiger partial charge in [-0.05, 0) is 18.4 Å². The summed E-state index contributed by atoms with van der Waals surface area (Å²) in [5.74, 6) is 1.28. The largest absolute Gasteiger partial charge is 0.337 e. The molecule has 126 valence electrons. The van der Waals surface area contributed by atoms with E-state index in [2.05, 4.69) is 20.0 Å². The smallest absolute Gasteiger partial charge is 0.249 e. The SMILES string of the molecule is Cl.NCc1ccc(-c2noc(C3CCCN3c3nccs3)n2)cc1. The van der Waals surface area contributed by atoms with Gasteiger partial charge in [0.2, 0.25) is 11.7 Å². The average Bonchev–Trinajstić information content (AvgIpc) is 3.33. The Balaban J connectivity index is 0.00000169. The fourth-order valence-electron chi connectivity index (χ4n) is 2.89. The zero-order valence-corrected chi connectivity index (χ0v) is 14.6. The number of rotatable bonds is 4. The van der Waals surface area contributed by atoms with Crippen LogP contribution in [0.5, 0.6) is 0 Å². The molecule has 1 unspecified atom stereocenters. The molecule has 0 aliphatic carbocycles. The Hall–Kier alpha value is -1.96. The van der Waals surface area contributed by atoms with Gasteiger partial charge in [-0.3, -0.25) is 0 Å². The van der Waals surface area contributed by atoms with Crippen LogP contribution in [0.25, 0.3) is 11.4 Å². The molecule has 6 nitrogen and oxygen atoms in total. The summed E-state index contributed by atoms with van der Waals surface area (Å²) in [7, 11) is 0. The molecule has 8 heteroatoms. The number of nitrogens with two attached hydrogens (primary N) is 1. The van der Waals surface area contributed by atoms with Gasteiger partial charge in [0.05, 0.1) is 0 Å². The third kappa shape index (κ3) is 3.15. The highest BCUT2D eigenvalue weighted by molar-refractivity contribution is 7.13. The van der Waals surface area contributed by atoms with Crippen molar-refractivity contribution in [2.24, 2.45) is 5.73 Å². The molecule has 3 aromatic rings. The lowest BCUT2D eigenvalue weighted by atomic mass is 10.1. The highest BCUT2D eigenvalue weighted by Gasteiger charge is 2.32. The highest BCUT2D eigenvalue weighted by Crippen LogP contribution is 2.36. The van der Waals surface area contributed by atoms with Crippen molar-refractivity contribution in [3.05, 3.63) is 47.3 Å². The van der Waals surface area contributed by atoms with Gasteiger partial charge < -0.3 is 15.2 Å². The van der Waals surface area contributed by atoms with Crippen molar-refractivity contribution < 1.29 is 4.52 Å². The fraction of sp³-hybridized carbons (Fsp3) is 0.312. The van der Waals surface area contributed by atoms with E-state index in [1.54, 1.807) is 11.3 Å². The first-order chi connectivity index (χ1) is 11.3. The summed E-state index contributed by atoms with van der Waals surface area (Å²) >= 11 is 1.64. The molecule has 1 fully saturated rings. The molecule has 1 aliphatic rings. The number of anilines is 1. The first-order valence-electron chi connectivity index (χ1n) is 7.64. The number of halogens is 1. The molecule has 2 N–H and O–H groups in total. The third-order valence-electron chi connectivity index (χ3n) is 4.09. The molecule has 0 radical (unpaired) electrons. The monoisotopic (exact) mass is 363 g/mol. The van der Waals surface area contributed by atoms with Crippen LogP contribution in [0.4, 0.5) is 5.13 Å². The van der Waals surface area contributed by atoms with Crippen molar-refractivity contribution >= 4 is 28.9 Å². The van der Waals surface area contributed by atoms with E-state index in [4.69, 9.17) is 10.3 Å². The van der Waals surface area contributed by atoms with Crippen molar-refractivity contribution in [2.75, 3.05) is 11.4 Å². The van der Waals surface area contributed by atoms with Crippen molar-refractivity contribution in [1.29, 1.82) is 0 Å². The summed E-state index contributed by atoms with van der Waals surface area (Å²) in [5, 5.41) is 7.14. The van der Waals surface area contributed by atoms with Gasteiger partial charge in [-0.25, -0.2) is 4.98 Å². The molecule has 3 heterocycles. The van der Waals surface area contributed by atoms with E-state index in [-0.39, 0.29) is 18.4 Å². The summed E-state index contributed by atoms with van der Waals surface area (Å²) in [6.45, 7) is 1.50. The summed E-state index contributed by atoms with van der Waals surface area (Å²) in [5.41, 5.74) is 7.65. The fourth-order valence-corrected chi connectivity index (χ4v) is 3.61. The van der Waals surface area contributed by atoms with Gasteiger partial charge in [-0.2, -0.15) is 4.98 Å². The number of benzene rings is 1. The molecule has 0 spiro atoms. The standard InChI is InChI=1S/C16H17N5OS.ClH/c17-10-11-3-5-12(6-4-11)14-19-15(22-20-14)13-2-1-8-21(13)16-18-7-9-23-16;/h3-7,9,13H,1-2,8,10,17H2;1H. The van der Waals surface area contributed by atoms with Crippen molar-refractivity contribution in [2.45, 2.75) is 25.4 Å². The molecule has 1 atom stereocenters. The topological polar surface area (TPSA) is 81.1 Å². The van der Waals surface area contributed by atoms with Gasteiger partial charge in [-0.1, -0.05) is 29.4 Å². The van der Waals surface area contributed by atoms with E-state index in [0.717, 1.165) is 35.6 Å². The van der Waals surface area contributed by atoms with E-state index in [0.29, 0.717) is 18.3 Å². The summed E-state index contributed by atoms with van der Waals surface area (Å²) in [6.07, 6.45) is 3.94. The first kappa shape index (κ1) is 16.9. The molecule has 0 amide bonds. The Morgan fingerprint density at radius 1 is 1.29 bits per heavy atom. The Labute approximate surface area is 150 Å². The lowest BCUT2D eigenvalue weighted by Gasteiger charge is -2.20. The Kier molecular flexibility index (Phi) is 5.13. The second-order valence-electron chi connectivity index (χ2n) is 5.52. The highest BCUT2D eigenvalue weighted by atomic mass is 35.5. The average molecular weight is 364 g/mol. The number of hydrogen-bond donors (Lipinski definition) is 1. The summed E-state index contributed by atoms with van der Waals surface area (Å²) in [4.78, 5) is 11.3. The van der Waals surface area contributed by atoms with Gasteiger partial charge in [0.15, 0.2) is 5.13 Å². The molecular weight excluding hydrogens is 346 g/mol. The summed E-state index contributed by atoms with van der Waals surface area (Å²) < 4.78 is 5.54. The maximum absolute atomic E-state index is 5.63. The number of hydrogen-bond acceptors (Lipinski definition) is 7. The Morgan fingerprint density at radius 2 is 2.12 bits per heavy atom. The number of nitrogens with zero attached hydrogens (tertiary/aromatic N) is 4. The van der Waals surface area contributed by atoms with Crippen LogP contribution >= 0.6 is 23.7 Å². The van der Waals surface area contributed by atoms with Gasteiger partial charge >= 0.3 is 0 Å². The van der Waals surface area contributed by atoms with Gasteiger partial charge in [-0.15, -0.1) is 23.7 Å². The number of aromatic nitrogens is 3. The van der Waals surface area contributed by atoms with Crippen LogP contribution in [0.2, 0.25) is 0 Å². The van der Waals surface area contributed by atoms with E-state index in [9.17, 15) is 0 Å². The van der Waals surface area contributed by atoms with Crippen LogP contribution in [-0.4, -0.2) is 21.7 Å². The second kappa shape index (κ2) is 7.29. The third-order valence-corrected chi connectivity index (χ3v) is 4.90. The second-order valence-corrected chi connectivity index (χ2v) is 6.40. The molecular formula is C16H18ClN5OS. The summed E-state index contributed by atoms with van der Waals surface area (Å²) in [6, 6.07) is 8.05. The minimum absolute atomic E-state index is 0. The van der Waals surface area contributed by atoms with E-state index in [1.807, 2.05) is 35.8 Å². The molecule has 0 saturated carbocycles. The van der Waals surface area contributed by atoms with Crippen LogP contribution < -0.4 is 10.6 Å². The van der Waals surface area contributed by atoms with Crippen molar-refractivity contribution in [1.82, 2.24) is 15.1 Å². The molecule has 24 heavy (non-hydrogen) atoms. The lowest BCUT2D eigenvalue weighted by molar-refractivity contribution is 0.355. The Morgan fingerprint density at radius 3 is 2.83 bits per heavy atom. The van der Waals surface area contributed by atoms with Crippen LogP contribution in [0.1, 0.15) is 30.3 Å². The molecule has 1 saturated heterocycles. The quantitative estimate of drug-likeness (QED) is 0.764.